The lowest BCUT2D eigenvalue weighted by molar-refractivity contribution is -0.118. The Kier molecular flexibility index (Phi) is 5.90. The van der Waals surface area contributed by atoms with Crippen LogP contribution >= 0.6 is 23.4 Å². The van der Waals surface area contributed by atoms with E-state index in [9.17, 15) is 4.79 Å². The molecule has 1 aliphatic heterocycles. The van der Waals surface area contributed by atoms with Gasteiger partial charge in [0.25, 0.3) is 0 Å². The number of carbonyl (C=O) groups is 1. The number of rotatable bonds is 6. The molecule has 1 aliphatic rings. The number of carbonyl (C=O) groups excluding carboxylic acids is 1. The van der Waals surface area contributed by atoms with E-state index in [4.69, 9.17) is 16.6 Å². The van der Waals surface area contributed by atoms with Crippen LogP contribution in [0.25, 0.3) is 11.7 Å². The second kappa shape index (κ2) is 9.13. The molecule has 1 fully saturated rings. The zero-order valence-electron chi connectivity index (χ0n) is 17.6. The lowest BCUT2D eigenvalue weighted by atomic mass is 10.1. The maximum absolute atomic E-state index is 11.7. The number of anilines is 2. The Hall–Kier alpha value is -3.55. The Morgan fingerprint density at radius 3 is 2.79 bits per heavy atom. The molecule has 8 heteroatoms. The van der Waals surface area contributed by atoms with Crippen molar-refractivity contribution in [1.29, 1.82) is 0 Å². The van der Waals surface area contributed by atoms with E-state index in [1.165, 1.54) is 5.56 Å². The standard InChI is InChI=1S/C25H20ClN5OS/c1-16-18(11-23(32)28-16)10-19-14-27-31-24(33-15-17-6-3-2-4-7-17)13-22(30-25(19)31)29-21-9-5-8-20(26)12-21/h2-10,12-14H,1,11,15H2,(H,28,32)(H,29,30)/b18-10+. The summed E-state index contributed by atoms with van der Waals surface area (Å²) in [6.07, 6.45) is 3.98. The van der Waals surface area contributed by atoms with E-state index in [2.05, 4.69) is 34.4 Å². The van der Waals surface area contributed by atoms with Crippen LogP contribution < -0.4 is 10.6 Å². The van der Waals surface area contributed by atoms with E-state index >= 15 is 0 Å². The maximum atomic E-state index is 11.7. The van der Waals surface area contributed by atoms with Crippen LogP contribution in [0.4, 0.5) is 11.5 Å². The molecule has 4 aromatic rings. The molecule has 0 atom stereocenters. The summed E-state index contributed by atoms with van der Waals surface area (Å²) in [4.78, 5) is 16.6. The lowest BCUT2D eigenvalue weighted by Crippen LogP contribution is -2.10. The predicted molar refractivity (Wildman–Crippen MR) is 134 cm³/mol. The van der Waals surface area contributed by atoms with Gasteiger partial charge in [-0.25, -0.2) is 9.50 Å². The summed E-state index contributed by atoms with van der Waals surface area (Å²) < 4.78 is 1.83. The highest BCUT2D eigenvalue weighted by Crippen LogP contribution is 2.30. The fraction of sp³-hybridized carbons (Fsp3) is 0.0800. The molecule has 1 saturated heterocycles. The zero-order chi connectivity index (χ0) is 22.8. The van der Waals surface area contributed by atoms with Crippen molar-refractivity contribution in [1.82, 2.24) is 19.9 Å². The summed E-state index contributed by atoms with van der Waals surface area (Å²) in [5.74, 6) is 1.42. The van der Waals surface area contributed by atoms with Crippen LogP contribution in [0, 0.1) is 0 Å². The van der Waals surface area contributed by atoms with E-state index in [0.717, 1.165) is 27.6 Å². The van der Waals surface area contributed by atoms with E-state index in [0.29, 0.717) is 28.6 Å². The van der Waals surface area contributed by atoms with Crippen molar-refractivity contribution in [2.45, 2.75) is 17.2 Å². The first-order valence-electron chi connectivity index (χ1n) is 10.3. The van der Waals surface area contributed by atoms with Crippen LogP contribution in [0.1, 0.15) is 17.5 Å². The number of aromatic nitrogens is 3. The first kappa shape index (κ1) is 21.3. The minimum absolute atomic E-state index is 0.0573. The number of hydrogen-bond donors (Lipinski definition) is 2. The third kappa shape index (κ3) is 4.79. The highest BCUT2D eigenvalue weighted by molar-refractivity contribution is 7.98. The Morgan fingerprint density at radius 2 is 2.03 bits per heavy atom. The zero-order valence-corrected chi connectivity index (χ0v) is 19.2. The largest absolute Gasteiger partial charge is 0.340 e. The van der Waals surface area contributed by atoms with Gasteiger partial charge in [-0.05, 0) is 35.4 Å². The van der Waals surface area contributed by atoms with Crippen LogP contribution in [-0.2, 0) is 10.5 Å². The molecule has 0 aliphatic carbocycles. The van der Waals surface area contributed by atoms with Gasteiger partial charge < -0.3 is 10.6 Å². The van der Waals surface area contributed by atoms with Crippen molar-refractivity contribution in [2.24, 2.45) is 0 Å². The number of halogens is 1. The van der Waals surface area contributed by atoms with Crippen LogP contribution in [0.5, 0.6) is 0 Å². The lowest BCUT2D eigenvalue weighted by Gasteiger charge is -2.11. The van der Waals surface area contributed by atoms with E-state index in [-0.39, 0.29) is 5.91 Å². The molecule has 33 heavy (non-hydrogen) atoms. The van der Waals surface area contributed by atoms with Crippen LogP contribution in [0.2, 0.25) is 5.02 Å². The molecule has 6 nitrogen and oxygen atoms in total. The first-order valence-corrected chi connectivity index (χ1v) is 11.7. The summed E-state index contributed by atoms with van der Waals surface area (Å²) in [6, 6.07) is 19.8. The molecule has 0 radical (unpaired) electrons. The smallest absolute Gasteiger partial charge is 0.228 e. The highest BCUT2D eigenvalue weighted by atomic mass is 35.5. The van der Waals surface area contributed by atoms with Crippen molar-refractivity contribution in [2.75, 3.05) is 5.32 Å². The van der Waals surface area contributed by atoms with Gasteiger partial charge in [-0.15, -0.1) is 11.8 Å². The van der Waals surface area contributed by atoms with E-state index < -0.39 is 0 Å². The summed E-state index contributed by atoms with van der Waals surface area (Å²) in [5.41, 5.74) is 5.03. The highest BCUT2D eigenvalue weighted by Gasteiger charge is 2.20. The number of nitrogens with one attached hydrogen (secondary N) is 2. The number of allylic oxidation sites excluding steroid dienone is 1. The van der Waals surface area contributed by atoms with Gasteiger partial charge >= 0.3 is 0 Å². The number of thioether (sulfide) groups is 1. The van der Waals surface area contributed by atoms with Gasteiger partial charge in [-0.3, -0.25) is 4.79 Å². The first-order chi connectivity index (χ1) is 16.0. The normalized spacial score (nSPS) is 14.8. The van der Waals surface area contributed by atoms with Gasteiger partial charge in [-0.1, -0.05) is 54.6 Å². The molecular weight excluding hydrogens is 454 g/mol. The number of benzene rings is 2. The van der Waals surface area contributed by atoms with Crippen molar-refractivity contribution in [3.63, 3.8) is 0 Å². The molecule has 3 heterocycles. The van der Waals surface area contributed by atoms with Gasteiger partial charge in [0.05, 0.1) is 12.6 Å². The quantitative estimate of drug-likeness (QED) is 0.272. The third-order valence-electron chi connectivity index (χ3n) is 5.15. The molecule has 0 saturated carbocycles. The van der Waals surface area contributed by atoms with Crippen LogP contribution in [0.3, 0.4) is 0 Å². The topological polar surface area (TPSA) is 71.3 Å². The maximum Gasteiger partial charge on any atom is 0.228 e. The fourth-order valence-corrected chi connectivity index (χ4v) is 4.71. The summed E-state index contributed by atoms with van der Waals surface area (Å²) >= 11 is 7.83. The van der Waals surface area contributed by atoms with Crippen LogP contribution in [0.15, 0.2) is 89.7 Å². The Bertz CT molecular complexity index is 1400. The van der Waals surface area contributed by atoms with Gasteiger partial charge in [0.2, 0.25) is 5.91 Å². The van der Waals surface area contributed by atoms with Gasteiger partial charge in [0, 0.05) is 33.8 Å². The fourth-order valence-electron chi connectivity index (χ4n) is 3.56. The van der Waals surface area contributed by atoms with Crippen molar-refractivity contribution in [3.05, 3.63) is 101 Å². The molecule has 0 spiro atoms. The van der Waals surface area contributed by atoms with Crippen molar-refractivity contribution in [3.8, 4) is 0 Å². The molecule has 2 aromatic carbocycles. The number of fused-ring (bicyclic) bond motifs is 1. The summed E-state index contributed by atoms with van der Waals surface area (Å²) in [6.45, 7) is 3.93. The van der Waals surface area contributed by atoms with Gasteiger partial charge in [0.15, 0.2) is 5.65 Å². The molecule has 0 bridgehead atoms. The number of nitrogens with zero attached hydrogens (tertiary/aromatic N) is 3. The molecule has 0 unspecified atom stereocenters. The second-order valence-electron chi connectivity index (χ2n) is 7.60. The third-order valence-corrected chi connectivity index (χ3v) is 6.45. The molecule has 1 amide bonds. The molecular formula is C25H20ClN5OS. The SMILES string of the molecule is C=C1NC(=O)C/C1=C\c1cnn2c(SCc3ccccc3)cc(Nc3cccc(Cl)c3)nc12. The van der Waals surface area contributed by atoms with Gasteiger partial charge in [0.1, 0.15) is 10.8 Å². The van der Waals surface area contributed by atoms with Crippen molar-refractivity contribution < 1.29 is 4.79 Å². The minimum Gasteiger partial charge on any atom is -0.340 e. The summed E-state index contributed by atoms with van der Waals surface area (Å²) in [7, 11) is 0. The van der Waals surface area contributed by atoms with E-state index in [1.807, 2.05) is 59.1 Å². The van der Waals surface area contributed by atoms with Crippen molar-refractivity contribution >= 4 is 52.5 Å². The second-order valence-corrected chi connectivity index (χ2v) is 9.03. The predicted octanol–water partition coefficient (Wildman–Crippen LogP) is 5.84. The van der Waals surface area contributed by atoms with Gasteiger partial charge in [-0.2, -0.15) is 5.10 Å². The number of hydrogen-bond acceptors (Lipinski definition) is 5. The Labute approximate surface area is 200 Å². The Balaban J connectivity index is 1.55. The Morgan fingerprint density at radius 1 is 1.18 bits per heavy atom. The molecule has 164 valence electrons. The molecule has 2 N–H and O–H groups in total. The summed E-state index contributed by atoms with van der Waals surface area (Å²) in [5, 5.41) is 12.3. The minimum atomic E-state index is -0.0573. The monoisotopic (exact) mass is 473 g/mol. The molecule has 2 aromatic heterocycles. The number of amides is 1. The van der Waals surface area contributed by atoms with Crippen LogP contribution in [-0.4, -0.2) is 20.5 Å². The average molecular weight is 474 g/mol. The molecule has 5 rings (SSSR count). The van der Waals surface area contributed by atoms with E-state index in [1.54, 1.807) is 18.0 Å². The average Bonchev–Trinajstić information content (AvgIpc) is 3.35.